The van der Waals surface area contributed by atoms with Crippen LogP contribution >= 0.6 is 0 Å². The highest BCUT2D eigenvalue weighted by Crippen LogP contribution is 2.23. The first kappa shape index (κ1) is 24.4. The summed E-state index contributed by atoms with van der Waals surface area (Å²) in [7, 11) is 0. The van der Waals surface area contributed by atoms with Crippen LogP contribution in [-0.4, -0.2) is 69.2 Å². The van der Waals surface area contributed by atoms with E-state index in [-0.39, 0.29) is 5.91 Å². The number of nitrogens with zero attached hydrogens (tertiary/aromatic N) is 5. The van der Waals surface area contributed by atoms with Crippen molar-refractivity contribution in [2.24, 2.45) is 0 Å². The zero-order chi connectivity index (χ0) is 24.2. The fourth-order valence-corrected chi connectivity index (χ4v) is 3.86. The number of aryl methyl sites for hydroxylation is 2. The van der Waals surface area contributed by atoms with Crippen molar-refractivity contribution in [1.29, 1.82) is 0 Å². The van der Waals surface area contributed by atoms with Gasteiger partial charge in [-0.1, -0.05) is 6.07 Å². The maximum atomic E-state index is 12.8. The van der Waals surface area contributed by atoms with Crippen LogP contribution in [-0.2, 0) is 17.6 Å². The molecule has 0 aromatic carbocycles. The molecule has 4 rings (SSSR count). The Morgan fingerprint density at radius 3 is 2.21 bits per heavy atom. The topological polar surface area (TPSA) is 99.5 Å². The number of halogens is 3. The van der Waals surface area contributed by atoms with Crippen LogP contribution in [0.4, 0.5) is 19.1 Å². The van der Waals surface area contributed by atoms with Crippen LogP contribution in [0.15, 0.2) is 18.2 Å². The van der Waals surface area contributed by atoms with Gasteiger partial charge in [-0.15, -0.1) is 0 Å². The maximum absolute atomic E-state index is 12.8. The average molecular weight is 465 g/mol. The SMILES string of the molecule is Cc1cccc(C(=O)N2CCc3nc(N4CCCC4)nc(C)c3CC2)n1.O=C(O)C(F)(F)F. The number of carbonyl (C=O) groups excluding carboxylic acids is 1. The van der Waals surface area contributed by atoms with Gasteiger partial charge >= 0.3 is 12.1 Å². The summed E-state index contributed by atoms with van der Waals surface area (Å²) in [6, 6.07) is 5.60. The molecule has 2 aliphatic rings. The number of aromatic nitrogens is 3. The van der Waals surface area contributed by atoms with Gasteiger partial charge in [-0.25, -0.2) is 19.7 Å². The maximum Gasteiger partial charge on any atom is 0.490 e. The number of hydrogen-bond donors (Lipinski definition) is 1. The molecule has 8 nitrogen and oxygen atoms in total. The Morgan fingerprint density at radius 1 is 0.970 bits per heavy atom. The molecule has 2 aromatic heterocycles. The summed E-state index contributed by atoms with van der Waals surface area (Å²) < 4.78 is 31.7. The number of anilines is 1. The van der Waals surface area contributed by atoms with Gasteiger partial charge in [0.2, 0.25) is 5.95 Å². The van der Waals surface area contributed by atoms with Gasteiger partial charge in [-0.05, 0) is 50.8 Å². The Bertz CT molecular complexity index is 1020. The molecule has 0 spiro atoms. The van der Waals surface area contributed by atoms with Crippen molar-refractivity contribution in [3.63, 3.8) is 0 Å². The van der Waals surface area contributed by atoms with E-state index < -0.39 is 12.1 Å². The lowest BCUT2D eigenvalue weighted by molar-refractivity contribution is -0.192. The van der Waals surface area contributed by atoms with Crippen molar-refractivity contribution in [1.82, 2.24) is 19.9 Å². The number of alkyl halides is 3. The van der Waals surface area contributed by atoms with Gasteiger partial charge in [0.1, 0.15) is 5.69 Å². The lowest BCUT2D eigenvalue weighted by Crippen LogP contribution is -2.34. The van der Waals surface area contributed by atoms with E-state index in [2.05, 4.69) is 16.8 Å². The van der Waals surface area contributed by atoms with Crippen molar-refractivity contribution < 1.29 is 27.9 Å². The highest BCUT2D eigenvalue weighted by Gasteiger charge is 2.38. The normalized spacial score (nSPS) is 15.9. The van der Waals surface area contributed by atoms with Crippen LogP contribution in [0.5, 0.6) is 0 Å². The summed E-state index contributed by atoms with van der Waals surface area (Å²) >= 11 is 0. The number of pyridine rings is 1. The van der Waals surface area contributed by atoms with E-state index in [0.29, 0.717) is 18.8 Å². The zero-order valence-corrected chi connectivity index (χ0v) is 18.5. The number of rotatable bonds is 2. The fraction of sp³-hybridized carbons (Fsp3) is 0.500. The summed E-state index contributed by atoms with van der Waals surface area (Å²) in [5, 5.41) is 7.12. The Labute approximate surface area is 189 Å². The zero-order valence-electron chi connectivity index (χ0n) is 18.5. The predicted molar refractivity (Wildman–Crippen MR) is 114 cm³/mol. The molecule has 0 aliphatic carbocycles. The smallest absolute Gasteiger partial charge is 0.475 e. The number of fused-ring (bicyclic) bond motifs is 1. The molecule has 178 valence electrons. The van der Waals surface area contributed by atoms with E-state index >= 15 is 0 Å². The van der Waals surface area contributed by atoms with Crippen molar-refractivity contribution in [2.75, 3.05) is 31.1 Å². The van der Waals surface area contributed by atoms with Crippen LogP contribution in [0, 0.1) is 13.8 Å². The van der Waals surface area contributed by atoms with E-state index in [1.807, 2.05) is 24.0 Å². The van der Waals surface area contributed by atoms with Crippen LogP contribution in [0.2, 0.25) is 0 Å². The fourth-order valence-electron chi connectivity index (χ4n) is 3.86. The first-order valence-electron chi connectivity index (χ1n) is 10.7. The summed E-state index contributed by atoms with van der Waals surface area (Å²) in [4.78, 5) is 39.9. The van der Waals surface area contributed by atoms with Crippen LogP contribution in [0.3, 0.4) is 0 Å². The monoisotopic (exact) mass is 465 g/mol. The Morgan fingerprint density at radius 2 is 1.61 bits per heavy atom. The molecule has 4 heterocycles. The molecule has 33 heavy (non-hydrogen) atoms. The van der Waals surface area contributed by atoms with Crippen LogP contribution < -0.4 is 4.90 Å². The van der Waals surface area contributed by atoms with Gasteiger partial charge in [0, 0.05) is 44.0 Å². The molecule has 2 aliphatic heterocycles. The number of carboxylic acid groups (broad SMARTS) is 1. The van der Waals surface area contributed by atoms with Crippen molar-refractivity contribution in [3.8, 4) is 0 Å². The second-order valence-corrected chi connectivity index (χ2v) is 7.99. The third kappa shape index (κ3) is 6.17. The molecule has 2 aromatic rings. The van der Waals surface area contributed by atoms with E-state index in [1.54, 1.807) is 6.07 Å². The molecule has 1 fully saturated rings. The van der Waals surface area contributed by atoms with Crippen molar-refractivity contribution >= 4 is 17.8 Å². The summed E-state index contributed by atoms with van der Waals surface area (Å²) in [6.07, 6.45) is -1.08. The summed E-state index contributed by atoms with van der Waals surface area (Å²) in [5.74, 6) is -1.89. The van der Waals surface area contributed by atoms with E-state index in [9.17, 15) is 18.0 Å². The minimum Gasteiger partial charge on any atom is -0.475 e. The minimum atomic E-state index is -5.08. The molecule has 0 radical (unpaired) electrons. The molecule has 1 saturated heterocycles. The van der Waals surface area contributed by atoms with E-state index in [1.165, 1.54) is 18.4 Å². The Kier molecular flexibility index (Phi) is 7.50. The highest BCUT2D eigenvalue weighted by atomic mass is 19.4. The van der Waals surface area contributed by atoms with Crippen molar-refractivity contribution in [2.45, 2.75) is 45.7 Å². The molecule has 0 atom stereocenters. The van der Waals surface area contributed by atoms with Gasteiger partial charge in [0.15, 0.2) is 0 Å². The number of amides is 1. The molecule has 11 heteroatoms. The lowest BCUT2D eigenvalue weighted by atomic mass is 10.1. The van der Waals surface area contributed by atoms with Gasteiger partial charge < -0.3 is 14.9 Å². The molecular weight excluding hydrogens is 439 g/mol. The van der Waals surface area contributed by atoms with Gasteiger partial charge in [-0.2, -0.15) is 13.2 Å². The standard InChI is InChI=1S/C20H25N5O.C2HF3O2/c1-14-6-5-7-18(21-14)19(26)24-12-8-16-15(2)22-20(23-17(16)9-13-24)25-10-3-4-11-25;3-2(4,5)1(6)7/h5-7H,3-4,8-13H2,1-2H3;(H,6,7). The molecule has 0 unspecified atom stereocenters. The summed E-state index contributed by atoms with van der Waals surface area (Å²) in [6.45, 7) is 7.43. The van der Waals surface area contributed by atoms with Crippen LogP contribution in [0.25, 0.3) is 0 Å². The van der Waals surface area contributed by atoms with Crippen molar-refractivity contribution in [3.05, 3.63) is 46.5 Å². The number of carboxylic acids is 1. The molecule has 0 bridgehead atoms. The second kappa shape index (κ2) is 10.1. The van der Waals surface area contributed by atoms with E-state index in [4.69, 9.17) is 19.9 Å². The number of aliphatic carboxylic acids is 1. The molecule has 0 saturated carbocycles. The quantitative estimate of drug-likeness (QED) is 0.728. The molecule has 1 amide bonds. The first-order valence-corrected chi connectivity index (χ1v) is 10.7. The highest BCUT2D eigenvalue weighted by molar-refractivity contribution is 5.92. The molecule has 1 N–H and O–H groups in total. The predicted octanol–water partition coefficient (Wildman–Crippen LogP) is 2.96. The third-order valence-electron chi connectivity index (χ3n) is 5.56. The Balaban J connectivity index is 0.000000383. The minimum absolute atomic E-state index is 0.00637. The number of hydrogen-bond acceptors (Lipinski definition) is 6. The van der Waals surface area contributed by atoms with E-state index in [0.717, 1.165) is 49.0 Å². The summed E-state index contributed by atoms with van der Waals surface area (Å²) in [5.41, 5.74) is 4.76. The average Bonchev–Trinajstić information content (AvgIpc) is 3.20. The van der Waals surface area contributed by atoms with Crippen LogP contribution in [0.1, 0.15) is 46.0 Å². The van der Waals surface area contributed by atoms with Gasteiger partial charge in [0.25, 0.3) is 5.91 Å². The number of carbonyl (C=O) groups is 2. The molecular formula is C22H26F3N5O3. The largest absolute Gasteiger partial charge is 0.490 e. The third-order valence-corrected chi connectivity index (χ3v) is 5.56. The Hall–Kier alpha value is -3.24. The van der Waals surface area contributed by atoms with Gasteiger partial charge in [-0.3, -0.25) is 4.79 Å². The first-order chi connectivity index (χ1) is 15.6. The lowest BCUT2D eigenvalue weighted by Gasteiger charge is -2.19. The second-order valence-electron chi connectivity index (χ2n) is 7.99. The van der Waals surface area contributed by atoms with Gasteiger partial charge in [0.05, 0.1) is 5.69 Å².